The van der Waals surface area contributed by atoms with E-state index in [1.165, 1.54) is 6.26 Å². The van der Waals surface area contributed by atoms with Gasteiger partial charge >= 0.3 is 0 Å². The molecule has 7 heteroatoms. The number of aromatic nitrogens is 1. The molecule has 1 aromatic heterocycles. The van der Waals surface area contributed by atoms with E-state index in [1.807, 2.05) is 12.1 Å². The Labute approximate surface area is 162 Å². The van der Waals surface area contributed by atoms with Crippen LogP contribution in [0, 0.1) is 0 Å². The van der Waals surface area contributed by atoms with Gasteiger partial charge < -0.3 is 4.90 Å². The third kappa shape index (κ3) is 3.83. The number of amides is 1. The van der Waals surface area contributed by atoms with Crippen molar-refractivity contribution in [2.24, 2.45) is 0 Å². The van der Waals surface area contributed by atoms with Gasteiger partial charge in [0.1, 0.15) is 4.60 Å². The maximum atomic E-state index is 12.8. The molecule has 0 N–H and O–H groups in total. The zero-order chi connectivity index (χ0) is 19.1. The average Bonchev–Trinajstić information content (AvgIpc) is 2.83. The number of carbonyl (C=O) groups is 1. The molecule has 1 aromatic carbocycles. The minimum Gasteiger partial charge on any atom is -0.310 e. The number of rotatable bonds is 4. The van der Waals surface area contributed by atoms with Crippen LogP contribution in [0.3, 0.4) is 0 Å². The van der Waals surface area contributed by atoms with Crippen molar-refractivity contribution in [2.75, 3.05) is 17.7 Å². The van der Waals surface area contributed by atoms with E-state index in [0.717, 1.165) is 21.5 Å². The summed E-state index contributed by atoms with van der Waals surface area (Å²) in [6, 6.07) is 10.5. The number of fused-ring (bicyclic) bond motifs is 1. The molecular formula is C19H21BrN2O3S. The smallest absolute Gasteiger partial charge is 0.227 e. The van der Waals surface area contributed by atoms with Crippen LogP contribution in [-0.2, 0) is 26.5 Å². The molecule has 26 heavy (non-hydrogen) atoms. The molecule has 0 saturated carbocycles. The van der Waals surface area contributed by atoms with E-state index in [1.54, 1.807) is 29.2 Å². The molecule has 0 atom stereocenters. The summed E-state index contributed by atoms with van der Waals surface area (Å²) >= 11 is 3.40. The lowest BCUT2D eigenvalue weighted by atomic mass is 9.91. The Bertz CT molecular complexity index is 953. The maximum absolute atomic E-state index is 12.8. The summed E-state index contributed by atoms with van der Waals surface area (Å²) in [4.78, 5) is 19.4. The number of carbonyl (C=O) groups excluding carboxylic acids is 1. The lowest BCUT2D eigenvalue weighted by molar-refractivity contribution is -0.118. The van der Waals surface area contributed by atoms with Gasteiger partial charge in [0.15, 0.2) is 9.84 Å². The van der Waals surface area contributed by atoms with Crippen molar-refractivity contribution in [1.82, 2.24) is 4.98 Å². The predicted octanol–water partition coefficient (Wildman–Crippen LogP) is 3.50. The normalized spacial score (nSPS) is 15.8. The SMILES string of the molecule is CC1(C)CN(C(=O)CCc2ccc(S(C)(=O)=O)cc2)c2ccc(Br)nc21. The highest BCUT2D eigenvalue weighted by atomic mass is 79.9. The van der Waals surface area contributed by atoms with Gasteiger partial charge in [-0.2, -0.15) is 0 Å². The molecule has 0 bridgehead atoms. The zero-order valence-electron chi connectivity index (χ0n) is 15.0. The molecule has 2 aromatic rings. The Morgan fingerprint density at radius 3 is 2.46 bits per heavy atom. The Morgan fingerprint density at radius 1 is 1.19 bits per heavy atom. The van der Waals surface area contributed by atoms with Gasteiger partial charge in [-0.15, -0.1) is 0 Å². The van der Waals surface area contributed by atoms with Crippen molar-refractivity contribution in [3.05, 3.63) is 52.3 Å². The molecule has 1 aliphatic heterocycles. The van der Waals surface area contributed by atoms with Crippen molar-refractivity contribution < 1.29 is 13.2 Å². The number of sulfone groups is 1. The number of halogens is 1. The fourth-order valence-electron chi connectivity index (χ4n) is 3.21. The van der Waals surface area contributed by atoms with Crippen molar-refractivity contribution >= 4 is 37.4 Å². The van der Waals surface area contributed by atoms with Crippen LogP contribution in [0.4, 0.5) is 5.69 Å². The summed E-state index contributed by atoms with van der Waals surface area (Å²) in [7, 11) is -3.20. The van der Waals surface area contributed by atoms with Gasteiger partial charge in [-0.3, -0.25) is 4.79 Å². The highest BCUT2D eigenvalue weighted by Crippen LogP contribution is 2.40. The van der Waals surface area contributed by atoms with Crippen LogP contribution in [0.5, 0.6) is 0 Å². The van der Waals surface area contributed by atoms with Crippen LogP contribution >= 0.6 is 15.9 Å². The molecule has 2 heterocycles. The molecule has 1 amide bonds. The zero-order valence-corrected chi connectivity index (χ0v) is 17.4. The highest BCUT2D eigenvalue weighted by molar-refractivity contribution is 9.10. The Kier molecular flexibility index (Phi) is 4.96. The van der Waals surface area contributed by atoms with Crippen molar-refractivity contribution in [2.45, 2.75) is 37.0 Å². The van der Waals surface area contributed by atoms with Gasteiger partial charge in [-0.1, -0.05) is 26.0 Å². The van der Waals surface area contributed by atoms with Crippen LogP contribution in [0.25, 0.3) is 0 Å². The lowest BCUT2D eigenvalue weighted by Gasteiger charge is -2.20. The molecule has 0 saturated heterocycles. The second kappa shape index (κ2) is 6.78. The first-order chi connectivity index (χ1) is 12.1. The highest BCUT2D eigenvalue weighted by Gasteiger charge is 2.39. The fourth-order valence-corrected chi connectivity index (χ4v) is 4.15. The summed E-state index contributed by atoms with van der Waals surface area (Å²) in [5.74, 6) is 0.0492. The molecule has 0 spiro atoms. The summed E-state index contributed by atoms with van der Waals surface area (Å²) in [5.41, 5.74) is 2.55. The van der Waals surface area contributed by atoms with Gasteiger partial charge in [0.2, 0.25) is 5.91 Å². The van der Waals surface area contributed by atoms with E-state index in [9.17, 15) is 13.2 Å². The minimum atomic E-state index is -3.20. The molecule has 1 aliphatic rings. The van der Waals surface area contributed by atoms with Crippen molar-refractivity contribution in [3.63, 3.8) is 0 Å². The Balaban J connectivity index is 1.72. The van der Waals surface area contributed by atoms with E-state index in [0.29, 0.717) is 24.3 Å². The van der Waals surface area contributed by atoms with Gasteiger partial charge in [0.05, 0.1) is 16.3 Å². The first-order valence-corrected chi connectivity index (χ1v) is 11.0. The quantitative estimate of drug-likeness (QED) is 0.687. The summed E-state index contributed by atoms with van der Waals surface area (Å²) in [5, 5.41) is 0. The number of pyridine rings is 1. The number of hydrogen-bond donors (Lipinski definition) is 0. The third-order valence-corrected chi connectivity index (χ3v) is 6.18. The van der Waals surface area contributed by atoms with E-state index in [4.69, 9.17) is 0 Å². The van der Waals surface area contributed by atoms with Crippen molar-refractivity contribution in [1.29, 1.82) is 0 Å². The van der Waals surface area contributed by atoms with Gasteiger partial charge in [-0.25, -0.2) is 13.4 Å². The number of aryl methyl sites for hydroxylation is 1. The fraction of sp³-hybridized carbons (Fsp3) is 0.368. The largest absolute Gasteiger partial charge is 0.310 e. The number of anilines is 1. The summed E-state index contributed by atoms with van der Waals surface area (Å²) < 4.78 is 23.8. The van der Waals surface area contributed by atoms with Gasteiger partial charge in [-0.05, 0) is 52.2 Å². The van der Waals surface area contributed by atoms with Gasteiger partial charge in [0, 0.05) is 24.6 Å². The summed E-state index contributed by atoms with van der Waals surface area (Å²) in [6.45, 7) is 4.78. The Hall–Kier alpha value is -1.73. The first-order valence-electron chi connectivity index (χ1n) is 8.34. The van der Waals surface area contributed by atoms with E-state index in [-0.39, 0.29) is 11.3 Å². The van der Waals surface area contributed by atoms with E-state index < -0.39 is 9.84 Å². The predicted molar refractivity (Wildman–Crippen MR) is 105 cm³/mol. The minimum absolute atomic E-state index is 0.0492. The topological polar surface area (TPSA) is 67.3 Å². The number of hydrogen-bond acceptors (Lipinski definition) is 4. The maximum Gasteiger partial charge on any atom is 0.227 e. The lowest BCUT2D eigenvalue weighted by Crippen LogP contribution is -2.34. The first kappa shape index (κ1) is 19.0. The molecule has 0 fully saturated rings. The number of nitrogens with zero attached hydrogens (tertiary/aromatic N) is 2. The monoisotopic (exact) mass is 436 g/mol. The van der Waals surface area contributed by atoms with Crippen LogP contribution in [0.1, 0.15) is 31.5 Å². The second-order valence-electron chi connectivity index (χ2n) is 7.28. The van der Waals surface area contributed by atoms with Crippen LogP contribution in [0.2, 0.25) is 0 Å². The molecular weight excluding hydrogens is 416 g/mol. The molecule has 0 radical (unpaired) electrons. The van der Waals surface area contributed by atoms with Crippen LogP contribution < -0.4 is 4.90 Å². The van der Waals surface area contributed by atoms with Gasteiger partial charge in [0.25, 0.3) is 0 Å². The van der Waals surface area contributed by atoms with Crippen molar-refractivity contribution in [3.8, 4) is 0 Å². The second-order valence-corrected chi connectivity index (χ2v) is 10.1. The average molecular weight is 437 g/mol. The molecule has 138 valence electrons. The third-order valence-electron chi connectivity index (χ3n) is 4.61. The van der Waals surface area contributed by atoms with E-state index >= 15 is 0 Å². The molecule has 0 unspecified atom stereocenters. The van der Waals surface area contributed by atoms with Crippen LogP contribution in [-0.4, -0.2) is 32.1 Å². The molecule has 5 nitrogen and oxygen atoms in total. The molecule has 3 rings (SSSR count). The standard InChI is InChI=1S/C19H21BrN2O3S/c1-19(2)12-22(15-9-10-16(20)21-18(15)19)17(23)11-6-13-4-7-14(8-5-13)26(3,24)25/h4-5,7-10H,6,11-12H2,1-3H3. The Morgan fingerprint density at radius 2 is 1.85 bits per heavy atom. The number of benzene rings is 1. The molecule has 0 aliphatic carbocycles. The van der Waals surface area contributed by atoms with E-state index in [2.05, 4.69) is 34.8 Å². The summed E-state index contributed by atoms with van der Waals surface area (Å²) in [6.07, 6.45) is 2.12. The van der Waals surface area contributed by atoms with Crippen LogP contribution in [0.15, 0.2) is 45.9 Å².